The summed E-state index contributed by atoms with van der Waals surface area (Å²) < 4.78 is 5.45. The molecule has 0 saturated carbocycles. The molecule has 2 N–H and O–H groups in total. The molecule has 0 radical (unpaired) electrons. The van der Waals surface area contributed by atoms with E-state index in [1.54, 1.807) is 0 Å². The Morgan fingerprint density at radius 2 is 2.11 bits per heavy atom. The van der Waals surface area contributed by atoms with E-state index in [0.717, 1.165) is 44.2 Å². The van der Waals surface area contributed by atoms with Crippen LogP contribution in [0.1, 0.15) is 52.9 Å². The molecule has 0 unspecified atom stereocenters. The van der Waals surface area contributed by atoms with Crippen molar-refractivity contribution in [2.45, 2.75) is 64.5 Å². The molecule has 0 aromatic heterocycles. The van der Waals surface area contributed by atoms with Crippen molar-refractivity contribution in [2.24, 2.45) is 5.73 Å². The molecule has 1 rings (SSSR count). The van der Waals surface area contributed by atoms with Crippen molar-refractivity contribution in [2.75, 3.05) is 13.1 Å². The minimum Gasteiger partial charge on any atom is -0.444 e. The van der Waals surface area contributed by atoms with Gasteiger partial charge in [-0.3, -0.25) is 0 Å². The van der Waals surface area contributed by atoms with E-state index < -0.39 is 5.60 Å². The van der Waals surface area contributed by atoms with E-state index in [9.17, 15) is 4.79 Å². The van der Waals surface area contributed by atoms with Crippen molar-refractivity contribution in [3.8, 4) is 0 Å². The van der Waals surface area contributed by atoms with Crippen LogP contribution in [0.3, 0.4) is 0 Å². The summed E-state index contributed by atoms with van der Waals surface area (Å²) in [6, 6.07) is 0.146. The predicted molar refractivity (Wildman–Crippen MR) is 78.0 cm³/mol. The summed E-state index contributed by atoms with van der Waals surface area (Å²) in [7, 11) is 0. The highest BCUT2D eigenvalue weighted by atomic mass is 16.6. The summed E-state index contributed by atoms with van der Waals surface area (Å²) in [5.41, 5.74) is 6.20. The largest absolute Gasteiger partial charge is 0.444 e. The summed E-state index contributed by atoms with van der Waals surface area (Å²) >= 11 is 0. The summed E-state index contributed by atoms with van der Waals surface area (Å²) in [4.78, 5) is 14.0. The number of ether oxygens (including phenoxy) is 1. The normalized spacial score (nSPS) is 19.6. The van der Waals surface area contributed by atoms with Gasteiger partial charge in [0.15, 0.2) is 0 Å². The van der Waals surface area contributed by atoms with Crippen LogP contribution >= 0.6 is 0 Å². The van der Waals surface area contributed by atoms with Crippen LogP contribution in [0.4, 0.5) is 4.79 Å². The van der Waals surface area contributed by atoms with E-state index in [-0.39, 0.29) is 12.1 Å². The molecular formula is C15H28N2O2. The molecule has 19 heavy (non-hydrogen) atoms. The molecule has 4 nitrogen and oxygen atoms in total. The molecule has 1 heterocycles. The van der Waals surface area contributed by atoms with E-state index in [0.29, 0.717) is 6.54 Å². The van der Waals surface area contributed by atoms with E-state index in [4.69, 9.17) is 10.5 Å². The summed E-state index contributed by atoms with van der Waals surface area (Å²) in [6.07, 6.45) is 4.82. The first-order valence-electron chi connectivity index (χ1n) is 7.22. The third kappa shape index (κ3) is 5.23. The maximum atomic E-state index is 12.1. The molecule has 1 aliphatic heterocycles. The summed E-state index contributed by atoms with van der Waals surface area (Å²) in [6.45, 7) is 11.3. The van der Waals surface area contributed by atoms with Gasteiger partial charge in [0.1, 0.15) is 5.60 Å². The lowest BCUT2D eigenvalue weighted by atomic mass is 10.0. The quantitative estimate of drug-likeness (QED) is 0.616. The second-order valence-electron chi connectivity index (χ2n) is 6.24. The van der Waals surface area contributed by atoms with Crippen molar-refractivity contribution >= 4 is 6.09 Å². The lowest BCUT2D eigenvalue weighted by molar-refractivity contribution is 0.0247. The molecule has 0 spiro atoms. The SMILES string of the molecule is C=C(CCCCN)[C@@H]1CCCN1C(=O)OC(C)(C)C. The highest BCUT2D eigenvalue weighted by Gasteiger charge is 2.33. The molecule has 110 valence electrons. The van der Waals surface area contributed by atoms with Gasteiger partial charge in [-0.05, 0) is 59.4 Å². The zero-order chi connectivity index (χ0) is 14.5. The standard InChI is InChI=1S/C15H28N2O2/c1-12(8-5-6-10-16)13-9-7-11-17(13)14(18)19-15(2,3)4/h13H,1,5-11,16H2,2-4H3/t13-/m0/s1. The number of carbonyl (C=O) groups is 1. The molecule has 0 aromatic rings. The van der Waals surface area contributed by atoms with Crippen LogP contribution in [0.5, 0.6) is 0 Å². The molecular weight excluding hydrogens is 240 g/mol. The molecule has 0 bridgehead atoms. The third-order valence-corrected chi connectivity index (χ3v) is 3.30. The zero-order valence-corrected chi connectivity index (χ0v) is 12.6. The molecule has 0 aliphatic carbocycles. The van der Waals surface area contributed by atoms with Crippen molar-refractivity contribution in [1.29, 1.82) is 0 Å². The average molecular weight is 268 g/mol. The van der Waals surface area contributed by atoms with E-state index in [2.05, 4.69) is 6.58 Å². The van der Waals surface area contributed by atoms with Crippen LogP contribution in [0.15, 0.2) is 12.2 Å². The van der Waals surface area contributed by atoms with Crippen LogP contribution in [-0.2, 0) is 4.74 Å². The van der Waals surface area contributed by atoms with Gasteiger partial charge in [0, 0.05) is 6.54 Å². The van der Waals surface area contributed by atoms with Crippen LogP contribution in [0, 0.1) is 0 Å². The molecule has 1 amide bonds. The molecule has 1 aliphatic rings. The van der Waals surface area contributed by atoms with E-state index in [1.807, 2.05) is 25.7 Å². The minimum atomic E-state index is -0.439. The third-order valence-electron chi connectivity index (χ3n) is 3.30. The van der Waals surface area contributed by atoms with Crippen molar-refractivity contribution in [3.05, 3.63) is 12.2 Å². The molecule has 1 atom stereocenters. The maximum absolute atomic E-state index is 12.1. The monoisotopic (exact) mass is 268 g/mol. The Bertz CT molecular complexity index is 321. The fourth-order valence-corrected chi connectivity index (χ4v) is 2.39. The van der Waals surface area contributed by atoms with Gasteiger partial charge in [-0.1, -0.05) is 12.2 Å². The first-order valence-corrected chi connectivity index (χ1v) is 7.22. The van der Waals surface area contributed by atoms with Gasteiger partial charge in [0.25, 0.3) is 0 Å². The first-order chi connectivity index (χ1) is 8.85. The number of hydrogen-bond acceptors (Lipinski definition) is 3. The summed E-state index contributed by atoms with van der Waals surface area (Å²) in [5.74, 6) is 0. The van der Waals surface area contributed by atoms with Crippen LogP contribution in [0.25, 0.3) is 0 Å². The number of nitrogens with two attached hydrogens (primary N) is 1. The highest BCUT2D eigenvalue weighted by molar-refractivity contribution is 5.69. The van der Waals surface area contributed by atoms with E-state index in [1.165, 1.54) is 0 Å². The van der Waals surface area contributed by atoms with Crippen LogP contribution in [-0.4, -0.2) is 35.7 Å². The van der Waals surface area contributed by atoms with E-state index >= 15 is 0 Å². The molecule has 1 saturated heterocycles. The van der Waals surface area contributed by atoms with Crippen LogP contribution < -0.4 is 5.73 Å². The highest BCUT2D eigenvalue weighted by Crippen LogP contribution is 2.27. The number of rotatable bonds is 5. The minimum absolute atomic E-state index is 0.146. The predicted octanol–water partition coefficient (Wildman–Crippen LogP) is 3.07. The fraction of sp³-hybridized carbons (Fsp3) is 0.800. The number of likely N-dealkylation sites (tertiary alicyclic amines) is 1. The van der Waals surface area contributed by atoms with Gasteiger partial charge >= 0.3 is 6.09 Å². The number of unbranched alkanes of at least 4 members (excludes halogenated alkanes) is 1. The zero-order valence-electron chi connectivity index (χ0n) is 12.6. The Labute approximate surface area is 117 Å². The van der Waals surface area contributed by atoms with Gasteiger partial charge in [-0.25, -0.2) is 4.79 Å². The molecule has 4 heteroatoms. The molecule has 1 fully saturated rings. The number of carbonyl (C=O) groups excluding carboxylic acids is 1. The Morgan fingerprint density at radius 3 is 2.68 bits per heavy atom. The molecule has 0 aromatic carbocycles. The number of nitrogens with zero attached hydrogens (tertiary/aromatic N) is 1. The second kappa shape index (κ2) is 6.94. The number of hydrogen-bond donors (Lipinski definition) is 1. The van der Waals surface area contributed by atoms with Crippen molar-refractivity contribution < 1.29 is 9.53 Å². The smallest absolute Gasteiger partial charge is 0.410 e. The van der Waals surface area contributed by atoms with Gasteiger partial charge < -0.3 is 15.4 Å². The fourth-order valence-electron chi connectivity index (χ4n) is 2.39. The van der Waals surface area contributed by atoms with Crippen LogP contribution in [0.2, 0.25) is 0 Å². The Hall–Kier alpha value is -1.03. The Morgan fingerprint density at radius 1 is 1.42 bits per heavy atom. The lowest BCUT2D eigenvalue weighted by Gasteiger charge is -2.29. The Kier molecular flexibility index (Phi) is 5.85. The lowest BCUT2D eigenvalue weighted by Crippen LogP contribution is -2.40. The van der Waals surface area contributed by atoms with Crippen molar-refractivity contribution in [3.63, 3.8) is 0 Å². The van der Waals surface area contributed by atoms with Gasteiger partial charge in [-0.2, -0.15) is 0 Å². The number of amides is 1. The second-order valence-corrected chi connectivity index (χ2v) is 6.24. The topological polar surface area (TPSA) is 55.6 Å². The maximum Gasteiger partial charge on any atom is 0.410 e. The van der Waals surface area contributed by atoms with Gasteiger partial charge in [0.2, 0.25) is 0 Å². The summed E-state index contributed by atoms with van der Waals surface area (Å²) in [5, 5.41) is 0. The average Bonchev–Trinajstić information content (AvgIpc) is 2.75. The van der Waals surface area contributed by atoms with Gasteiger partial charge in [-0.15, -0.1) is 0 Å². The first kappa shape index (κ1) is 16.0. The Balaban J connectivity index is 2.53. The van der Waals surface area contributed by atoms with Crippen molar-refractivity contribution in [1.82, 2.24) is 4.90 Å². The van der Waals surface area contributed by atoms with Gasteiger partial charge in [0.05, 0.1) is 6.04 Å².